The highest BCUT2D eigenvalue weighted by Gasteiger charge is 2.23. The Hall–Kier alpha value is -0.380. The molecule has 0 fully saturated rings. The van der Waals surface area contributed by atoms with Crippen molar-refractivity contribution >= 4 is 11.3 Å². The van der Waals surface area contributed by atoms with Gasteiger partial charge in [0.25, 0.3) is 0 Å². The highest BCUT2D eigenvalue weighted by molar-refractivity contribution is 7.12. The summed E-state index contributed by atoms with van der Waals surface area (Å²) in [6, 6.07) is 4.01. The first-order valence-electron chi connectivity index (χ1n) is 4.34. The van der Waals surface area contributed by atoms with Gasteiger partial charge in [-0.2, -0.15) is 0 Å². The van der Waals surface area contributed by atoms with Crippen molar-refractivity contribution in [1.29, 1.82) is 0 Å². The van der Waals surface area contributed by atoms with Crippen molar-refractivity contribution in [2.45, 2.75) is 25.9 Å². The number of rotatable bonds is 4. The van der Waals surface area contributed by atoms with E-state index in [9.17, 15) is 5.11 Å². The maximum absolute atomic E-state index is 10.1. The number of aryl methyl sites for hydroxylation is 1. The molecule has 0 aliphatic rings. The summed E-state index contributed by atoms with van der Waals surface area (Å²) in [5.41, 5.74) is -0.741. The molecule has 1 aromatic heterocycles. The quantitative estimate of drug-likeness (QED) is 0.808. The summed E-state index contributed by atoms with van der Waals surface area (Å²) < 4.78 is 4.95. The number of aliphatic hydroxyl groups is 1. The zero-order valence-corrected chi connectivity index (χ0v) is 9.15. The molecule has 0 spiro atoms. The van der Waals surface area contributed by atoms with Gasteiger partial charge in [0.05, 0.1) is 5.60 Å². The molecule has 74 valence electrons. The third-order valence-electron chi connectivity index (χ3n) is 2.06. The highest BCUT2D eigenvalue weighted by Crippen LogP contribution is 2.30. The molecule has 3 heteroatoms. The van der Waals surface area contributed by atoms with Gasteiger partial charge in [-0.25, -0.2) is 0 Å². The van der Waals surface area contributed by atoms with E-state index >= 15 is 0 Å². The first kappa shape index (κ1) is 10.7. The molecule has 1 aromatic rings. The molecule has 13 heavy (non-hydrogen) atoms. The molecule has 1 N–H and O–H groups in total. The Bertz CT molecular complexity index is 266. The normalized spacial score (nSPS) is 15.7. The molecule has 2 nitrogen and oxygen atoms in total. The van der Waals surface area contributed by atoms with Gasteiger partial charge in [-0.1, -0.05) is 0 Å². The molecule has 0 bridgehead atoms. The number of ether oxygens (including phenoxy) is 1. The van der Waals surface area contributed by atoms with Crippen LogP contribution in [-0.4, -0.2) is 18.8 Å². The Balaban J connectivity index is 2.68. The van der Waals surface area contributed by atoms with E-state index in [0.29, 0.717) is 13.0 Å². The lowest BCUT2D eigenvalue weighted by Crippen LogP contribution is -2.21. The molecule has 0 amide bonds. The molecule has 0 aliphatic heterocycles. The van der Waals surface area contributed by atoms with Crippen LogP contribution in [0.15, 0.2) is 12.1 Å². The van der Waals surface area contributed by atoms with Crippen molar-refractivity contribution in [2.75, 3.05) is 13.7 Å². The predicted molar refractivity (Wildman–Crippen MR) is 55.1 cm³/mol. The summed E-state index contributed by atoms with van der Waals surface area (Å²) in [5.74, 6) is 0. The molecule has 0 aliphatic carbocycles. The fourth-order valence-corrected chi connectivity index (χ4v) is 2.09. The van der Waals surface area contributed by atoms with Gasteiger partial charge < -0.3 is 9.84 Å². The van der Waals surface area contributed by atoms with E-state index in [1.807, 2.05) is 26.0 Å². The Kier molecular flexibility index (Phi) is 3.47. The van der Waals surface area contributed by atoms with Crippen LogP contribution in [0, 0.1) is 6.92 Å². The third-order valence-corrected chi connectivity index (χ3v) is 3.32. The van der Waals surface area contributed by atoms with Crippen molar-refractivity contribution < 1.29 is 9.84 Å². The molecule has 0 radical (unpaired) electrons. The smallest absolute Gasteiger partial charge is 0.0981 e. The number of hydrogen-bond acceptors (Lipinski definition) is 3. The van der Waals surface area contributed by atoms with Crippen molar-refractivity contribution in [2.24, 2.45) is 0 Å². The second-order valence-corrected chi connectivity index (χ2v) is 4.71. The molecule has 1 rings (SSSR count). The Morgan fingerprint density at radius 2 is 2.23 bits per heavy atom. The van der Waals surface area contributed by atoms with Crippen molar-refractivity contribution in [3.63, 3.8) is 0 Å². The molecular weight excluding hydrogens is 184 g/mol. The van der Waals surface area contributed by atoms with E-state index in [1.165, 1.54) is 4.88 Å². The van der Waals surface area contributed by atoms with Crippen LogP contribution in [0.25, 0.3) is 0 Å². The molecular formula is C10H16O2S. The van der Waals surface area contributed by atoms with E-state index in [4.69, 9.17) is 4.74 Å². The van der Waals surface area contributed by atoms with Crippen LogP contribution in [0.2, 0.25) is 0 Å². The molecule has 0 aromatic carbocycles. The minimum Gasteiger partial charge on any atom is -0.385 e. The van der Waals surface area contributed by atoms with E-state index in [-0.39, 0.29) is 0 Å². The Morgan fingerprint density at radius 1 is 1.54 bits per heavy atom. The molecule has 1 unspecified atom stereocenters. The van der Waals surface area contributed by atoms with E-state index in [1.54, 1.807) is 18.4 Å². The summed E-state index contributed by atoms with van der Waals surface area (Å²) in [7, 11) is 1.65. The molecule has 0 saturated carbocycles. The zero-order chi connectivity index (χ0) is 9.90. The minimum absolute atomic E-state index is 0.587. The maximum Gasteiger partial charge on any atom is 0.0981 e. The number of methoxy groups -OCH3 is 1. The van der Waals surface area contributed by atoms with Gasteiger partial charge in [-0.3, -0.25) is 0 Å². The molecule has 0 saturated heterocycles. The fourth-order valence-electron chi connectivity index (χ4n) is 1.15. The molecule has 1 atom stereocenters. The zero-order valence-electron chi connectivity index (χ0n) is 8.33. The van der Waals surface area contributed by atoms with Crippen LogP contribution in [0.5, 0.6) is 0 Å². The van der Waals surface area contributed by atoms with Crippen molar-refractivity contribution in [1.82, 2.24) is 0 Å². The van der Waals surface area contributed by atoms with Crippen LogP contribution in [-0.2, 0) is 10.3 Å². The van der Waals surface area contributed by atoms with E-state index < -0.39 is 5.60 Å². The topological polar surface area (TPSA) is 29.5 Å². The first-order valence-corrected chi connectivity index (χ1v) is 5.16. The Morgan fingerprint density at radius 3 is 2.69 bits per heavy atom. The third kappa shape index (κ3) is 2.79. The average Bonchev–Trinajstić information content (AvgIpc) is 2.49. The monoisotopic (exact) mass is 200 g/mol. The summed E-state index contributed by atoms with van der Waals surface area (Å²) >= 11 is 1.64. The van der Waals surface area contributed by atoms with Gasteiger partial charge in [-0.05, 0) is 26.0 Å². The van der Waals surface area contributed by atoms with Crippen LogP contribution in [0.4, 0.5) is 0 Å². The van der Waals surface area contributed by atoms with Crippen molar-refractivity contribution in [3.8, 4) is 0 Å². The van der Waals surface area contributed by atoms with Crippen LogP contribution >= 0.6 is 11.3 Å². The number of thiophene rings is 1. The van der Waals surface area contributed by atoms with Gasteiger partial charge in [0, 0.05) is 29.9 Å². The summed E-state index contributed by atoms with van der Waals surface area (Å²) in [6.07, 6.45) is 0.642. The predicted octanol–water partition coefficient (Wildman–Crippen LogP) is 2.30. The minimum atomic E-state index is -0.741. The highest BCUT2D eigenvalue weighted by atomic mass is 32.1. The molecule has 1 heterocycles. The lowest BCUT2D eigenvalue weighted by molar-refractivity contribution is 0.0242. The summed E-state index contributed by atoms with van der Waals surface area (Å²) in [6.45, 7) is 4.46. The van der Waals surface area contributed by atoms with Gasteiger partial charge in [0.15, 0.2) is 0 Å². The standard InChI is InChI=1S/C10H16O2S/c1-8-4-5-9(13-8)10(2,11)6-7-12-3/h4-5,11H,6-7H2,1-3H3. The van der Waals surface area contributed by atoms with E-state index in [2.05, 4.69) is 0 Å². The lowest BCUT2D eigenvalue weighted by Gasteiger charge is -2.21. The van der Waals surface area contributed by atoms with Gasteiger partial charge in [0.1, 0.15) is 0 Å². The number of hydrogen-bond donors (Lipinski definition) is 1. The van der Waals surface area contributed by atoms with Gasteiger partial charge in [-0.15, -0.1) is 11.3 Å². The van der Waals surface area contributed by atoms with Gasteiger partial charge in [0.2, 0.25) is 0 Å². The fraction of sp³-hybridized carbons (Fsp3) is 0.600. The summed E-state index contributed by atoms with van der Waals surface area (Å²) in [5, 5.41) is 10.1. The van der Waals surface area contributed by atoms with Gasteiger partial charge >= 0.3 is 0 Å². The Labute approximate surface area is 83.2 Å². The van der Waals surface area contributed by atoms with Crippen LogP contribution < -0.4 is 0 Å². The SMILES string of the molecule is COCCC(C)(O)c1ccc(C)s1. The summed E-state index contributed by atoms with van der Waals surface area (Å²) in [4.78, 5) is 2.25. The van der Waals surface area contributed by atoms with Crippen LogP contribution in [0.3, 0.4) is 0 Å². The first-order chi connectivity index (χ1) is 6.06. The average molecular weight is 200 g/mol. The maximum atomic E-state index is 10.1. The second-order valence-electron chi connectivity index (χ2n) is 3.43. The lowest BCUT2D eigenvalue weighted by atomic mass is 10.0. The van der Waals surface area contributed by atoms with Crippen molar-refractivity contribution in [3.05, 3.63) is 21.9 Å². The van der Waals surface area contributed by atoms with E-state index in [0.717, 1.165) is 4.88 Å². The largest absolute Gasteiger partial charge is 0.385 e. The van der Waals surface area contributed by atoms with Crippen LogP contribution in [0.1, 0.15) is 23.1 Å². The second kappa shape index (κ2) is 4.22.